The number of aromatic nitrogens is 4. The average molecular weight is 290 g/mol. The maximum Gasteiger partial charge on any atom is 0.245 e. The van der Waals surface area contributed by atoms with E-state index < -0.39 is 0 Å². The number of nitrogens with zero attached hydrogens (tertiary/aromatic N) is 5. The Bertz CT molecular complexity index is 367. The third-order valence-corrected chi connectivity index (χ3v) is 3.26. The van der Waals surface area contributed by atoms with Crippen molar-refractivity contribution in [1.82, 2.24) is 20.2 Å². The zero-order chi connectivity index (χ0) is 11.8. The van der Waals surface area contributed by atoms with Crippen molar-refractivity contribution in [3.05, 3.63) is 0 Å². The summed E-state index contributed by atoms with van der Waals surface area (Å²) in [7, 11) is 1.85. The van der Waals surface area contributed by atoms with Crippen LogP contribution in [0.4, 0.5) is 5.95 Å². The SMILES string of the molecule is Cn1nnnc1N1CC(CBr)OC(C)(C)C1. The van der Waals surface area contributed by atoms with Gasteiger partial charge in [0, 0.05) is 25.5 Å². The first-order valence-electron chi connectivity index (χ1n) is 5.23. The largest absolute Gasteiger partial charge is 0.368 e. The van der Waals surface area contributed by atoms with Crippen LogP contribution in [-0.4, -0.2) is 50.3 Å². The molecular formula is C9H16BrN5O. The Morgan fingerprint density at radius 1 is 1.56 bits per heavy atom. The molecule has 0 bridgehead atoms. The average Bonchev–Trinajstić information content (AvgIpc) is 2.62. The van der Waals surface area contributed by atoms with Crippen molar-refractivity contribution in [2.45, 2.75) is 25.6 Å². The standard InChI is InChI=1S/C9H16BrN5O/c1-9(2)6-15(5-7(4-10)16-9)8-11-12-13-14(8)3/h7H,4-6H2,1-3H3. The number of ether oxygens (including phenoxy) is 1. The molecule has 0 saturated carbocycles. The minimum Gasteiger partial charge on any atom is -0.368 e. The number of alkyl halides is 1. The Hall–Kier alpha value is -0.690. The number of anilines is 1. The molecule has 1 saturated heterocycles. The van der Waals surface area contributed by atoms with E-state index in [2.05, 4.69) is 50.2 Å². The van der Waals surface area contributed by atoms with E-state index in [1.54, 1.807) is 4.68 Å². The topological polar surface area (TPSA) is 56.1 Å². The van der Waals surface area contributed by atoms with Gasteiger partial charge in [0.25, 0.3) is 0 Å². The Morgan fingerprint density at radius 2 is 2.31 bits per heavy atom. The summed E-state index contributed by atoms with van der Waals surface area (Å²) in [4.78, 5) is 2.16. The molecule has 1 aliphatic heterocycles. The van der Waals surface area contributed by atoms with Crippen LogP contribution >= 0.6 is 15.9 Å². The van der Waals surface area contributed by atoms with Crippen LogP contribution in [0.2, 0.25) is 0 Å². The fraction of sp³-hybridized carbons (Fsp3) is 0.889. The molecule has 0 aliphatic carbocycles. The molecule has 2 heterocycles. The van der Waals surface area contributed by atoms with Crippen molar-refractivity contribution < 1.29 is 4.74 Å². The molecule has 0 aromatic carbocycles. The van der Waals surface area contributed by atoms with Crippen molar-refractivity contribution >= 4 is 21.9 Å². The molecule has 7 heteroatoms. The van der Waals surface area contributed by atoms with E-state index in [-0.39, 0.29) is 11.7 Å². The van der Waals surface area contributed by atoms with Gasteiger partial charge in [-0.25, -0.2) is 4.68 Å². The molecule has 0 amide bonds. The molecule has 1 fully saturated rings. The van der Waals surface area contributed by atoms with Gasteiger partial charge >= 0.3 is 0 Å². The second kappa shape index (κ2) is 4.29. The lowest BCUT2D eigenvalue weighted by molar-refractivity contribution is -0.0729. The normalized spacial score (nSPS) is 24.8. The predicted octanol–water partition coefficient (Wildman–Crippen LogP) is 0.589. The fourth-order valence-electron chi connectivity index (χ4n) is 2.02. The Morgan fingerprint density at radius 3 is 2.88 bits per heavy atom. The smallest absolute Gasteiger partial charge is 0.245 e. The Balaban J connectivity index is 2.19. The lowest BCUT2D eigenvalue weighted by Crippen LogP contribution is -2.54. The van der Waals surface area contributed by atoms with Gasteiger partial charge in [-0.3, -0.25) is 0 Å². The van der Waals surface area contributed by atoms with E-state index in [1.807, 2.05) is 7.05 Å². The molecule has 1 aromatic heterocycles. The van der Waals surface area contributed by atoms with E-state index in [0.29, 0.717) is 0 Å². The molecule has 2 rings (SSSR count). The lowest BCUT2D eigenvalue weighted by atomic mass is 10.1. The second-order valence-corrected chi connectivity index (χ2v) is 5.28. The molecule has 0 spiro atoms. The molecule has 0 N–H and O–H groups in total. The first kappa shape index (κ1) is 11.8. The monoisotopic (exact) mass is 289 g/mol. The number of hydrogen-bond acceptors (Lipinski definition) is 5. The van der Waals surface area contributed by atoms with Crippen molar-refractivity contribution in [2.75, 3.05) is 23.3 Å². The highest BCUT2D eigenvalue weighted by Gasteiger charge is 2.34. The number of tetrazole rings is 1. The van der Waals surface area contributed by atoms with Crippen molar-refractivity contribution in [3.63, 3.8) is 0 Å². The van der Waals surface area contributed by atoms with Crippen LogP contribution in [0.25, 0.3) is 0 Å². The number of morpholine rings is 1. The molecule has 16 heavy (non-hydrogen) atoms. The summed E-state index contributed by atoms with van der Waals surface area (Å²) < 4.78 is 7.61. The third-order valence-electron chi connectivity index (χ3n) is 2.53. The van der Waals surface area contributed by atoms with Gasteiger partial charge in [0.05, 0.1) is 11.7 Å². The van der Waals surface area contributed by atoms with Gasteiger partial charge in [0.1, 0.15) is 0 Å². The maximum absolute atomic E-state index is 5.92. The van der Waals surface area contributed by atoms with Crippen LogP contribution in [0.1, 0.15) is 13.8 Å². The van der Waals surface area contributed by atoms with Gasteiger partial charge in [-0.1, -0.05) is 21.0 Å². The predicted molar refractivity (Wildman–Crippen MR) is 63.8 cm³/mol. The summed E-state index contributed by atoms with van der Waals surface area (Å²) in [6.07, 6.45) is 0.167. The Labute approximate surface area is 103 Å². The number of halogens is 1. The lowest BCUT2D eigenvalue weighted by Gasteiger charge is -2.42. The zero-order valence-corrected chi connectivity index (χ0v) is 11.3. The molecule has 1 atom stereocenters. The molecule has 0 radical (unpaired) electrons. The summed E-state index contributed by atoms with van der Waals surface area (Å²) in [5, 5.41) is 12.4. The zero-order valence-electron chi connectivity index (χ0n) is 9.72. The fourth-order valence-corrected chi connectivity index (χ4v) is 2.36. The molecule has 1 unspecified atom stereocenters. The van der Waals surface area contributed by atoms with E-state index in [0.717, 1.165) is 24.4 Å². The summed E-state index contributed by atoms with van der Waals surface area (Å²) in [5.74, 6) is 0.794. The summed E-state index contributed by atoms with van der Waals surface area (Å²) >= 11 is 3.46. The van der Waals surface area contributed by atoms with Crippen LogP contribution in [0, 0.1) is 0 Å². The van der Waals surface area contributed by atoms with E-state index in [9.17, 15) is 0 Å². The van der Waals surface area contributed by atoms with Gasteiger partial charge in [0.2, 0.25) is 5.95 Å². The second-order valence-electron chi connectivity index (χ2n) is 4.64. The molecule has 1 aliphatic rings. The molecular weight excluding hydrogens is 274 g/mol. The van der Waals surface area contributed by atoms with Gasteiger partial charge in [-0.05, 0) is 24.3 Å². The minimum absolute atomic E-state index is 0.167. The van der Waals surface area contributed by atoms with E-state index in [1.165, 1.54) is 0 Å². The van der Waals surface area contributed by atoms with Gasteiger partial charge in [-0.15, -0.1) is 0 Å². The van der Waals surface area contributed by atoms with E-state index in [4.69, 9.17) is 4.74 Å². The number of hydrogen-bond donors (Lipinski definition) is 0. The van der Waals surface area contributed by atoms with Gasteiger partial charge in [-0.2, -0.15) is 0 Å². The quantitative estimate of drug-likeness (QED) is 0.746. The minimum atomic E-state index is -0.178. The van der Waals surface area contributed by atoms with Gasteiger partial charge < -0.3 is 9.64 Å². The highest BCUT2D eigenvalue weighted by atomic mass is 79.9. The number of rotatable bonds is 2. The summed E-state index contributed by atoms with van der Waals surface area (Å²) in [5.41, 5.74) is -0.178. The first-order chi connectivity index (χ1) is 7.52. The van der Waals surface area contributed by atoms with Crippen LogP contribution in [-0.2, 0) is 11.8 Å². The highest BCUT2D eigenvalue weighted by Crippen LogP contribution is 2.24. The van der Waals surface area contributed by atoms with Crippen LogP contribution < -0.4 is 4.90 Å². The van der Waals surface area contributed by atoms with Crippen LogP contribution in [0.5, 0.6) is 0 Å². The highest BCUT2D eigenvalue weighted by molar-refractivity contribution is 9.09. The van der Waals surface area contributed by atoms with Crippen molar-refractivity contribution in [3.8, 4) is 0 Å². The van der Waals surface area contributed by atoms with Crippen molar-refractivity contribution in [1.29, 1.82) is 0 Å². The summed E-state index contributed by atoms with van der Waals surface area (Å²) in [6, 6.07) is 0. The molecule has 1 aromatic rings. The van der Waals surface area contributed by atoms with Crippen LogP contribution in [0.3, 0.4) is 0 Å². The first-order valence-corrected chi connectivity index (χ1v) is 6.35. The van der Waals surface area contributed by atoms with Crippen molar-refractivity contribution in [2.24, 2.45) is 7.05 Å². The Kier molecular flexibility index (Phi) is 3.16. The molecule has 90 valence electrons. The maximum atomic E-state index is 5.92. The number of aryl methyl sites for hydroxylation is 1. The third kappa shape index (κ3) is 2.35. The molecule has 6 nitrogen and oxygen atoms in total. The van der Waals surface area contributed by atoms with E-state index >= 15 is 0 Å². The van der Waals surface area contributed by atoms with Gasteiger partial charge in [0.15, 0.2) is 0 Å². The summed E-state index contributed by atoms with van der Waals surface area (Å²) in [6.45, 7) is 5.77. The van der Waals surface area contributed by atoms with Crippen LogP contribution in [0.15, 0.2) is 0 Å².